The Morgan fingerprint density at radius 2 is 1.87 bits per heavy atom. The first-order chi connectivity index (χ1) is 15.0. The number of benzene rings is 2. The van der Waals surface area contributed by atoms with E-state index < -0.39 is 10.5 Å². The second kappa shape index (κ2) is 7.24. The van der Waals surface area contributed by atoms with E-state index in [1.165, 1.54) is 6.20 Å². The Kier molecular flexibility index (Phi) is 4.39. The largest absolute Gasteiger partial charge is 0.457 e. The monoisotopic (exact) mass is 418 g/mol. The summed E-state index contributed by atoms with van der Waals surface area (Å²) < 4.78 is 15.0. The van der Waals surface area contributed by atoms with Crippen LogP contribution in [0, 0.1) is 10.1 Å². The number of hydrogen-bond acceptors (Lipinski definition) is 7. The molecule has 3 heterocycles. The van der Waals surface area contributed by atoms with Crippen LogP contribution in [-0.2, 0) is 13.1 Å². The molecule has 4 aromatic rings. The van der Waals surface area contributed by atoms with Crippen LogP contribution >= 0.6 is 0 Å². The topological polar surface area (TPSA) is 110 Å². The van der Waals surface area contributed by atoms with Crippen LogP contribution < -0.4 is 9.47 Å². The van der Waals surface area contributed by atoms with Gasteiger partial charge in [-0.2, -0.15) is 0 Å². The van der Waals surface area contributed by atoms with E-state index in [0.717, 1.165) is 22.8 Å². The van der Waals surface area contributed by atoms with E-state index in [-0.39, 0.29) is 11.8 Å². The molecule has 2 aromatic carbocycles. The molecule has 0 bridgehead atoms. The fraction of sp³-hybridized carbons (Fsp3) is 0.190. The Labute approximate surface area is 176 Å². The molecule has 1 atom stereocenters. The number of fused-ring (bicyclic) bond motifs is 1. The van der Waals surface area contributed by atoms with Gasteiger partial charge in [0, 0.05) is 10.5 Å². The Morgan fingerprint density at radius 1 is 1.13 bits per heavy atom. The fourth-order valence-corrected chi connectivity index (χ4v) is 3.53. The Balaban J connectivity index is 1.26. The molecule has 1 unspecified atom stereocenters. The molecule has 31 heavy (non-hydrogen) atoms. The van der Waals surface area contributed by atoms with Gasteiger partial charge in [0.2, 0.25) is 0 Å². The fourth-order valence-electron chi connectivity index (χ4n) is 3.53. The van der Waals surface area contributed by atoms with E-state index in [4.69, 9.17) is 9.47 Å². The summed E-state index contributed by atoms with van der Waals surface area (Å²) in [6.45, 7) is 2.76. The van der Waals surface area contributed by atoms with Crippen LogP contribution in [0.1, 0.15) is 6.92 Å². The number of nitrogens with zero attached hydrogens (tertiary/aromatic N) is 6. The van der Waals surface area contributed by atoms with Crippen molar-refractivity contribution in [2.45, 2.75) is 25.6 Å². The van der Waals surface area contributed by atoms with Gasteiger partial charge in [-0.1, -0.05) is 23.4 Å². The standard InChI is InChI=1S/C21H18N6O4/c1-21(13-25-12-19(27(28)29)22-20(25)31-21)14-26-11-18(23-24-26)15-7-9-17(10-8-15)30-16-5-3-2-4-6-16/h2-12H,13-14H2,1H3. The number of ether oxygens (including phenoxy) is 2. The SMILES string of the molecule is CC1(Cn2cc(-c3ccc(Oc4ccccc4)cc3)nn2)Cn2cc([N+](=O)[O-])nc2O1. The zero-order valence-corrected chi connectivity index (χ0v) is 16.6. The van der Waals surface area contributed by atoms with Crippen LogP contribution in [0.5, 0.6) is 17.5 Å². The van der Waals surface area contributed by atoms with E-state index in [2.05, 4.69) is 15.3 Å². The summed E-state index contributed by atoms with van der Waals surface area (Å²) in [4.78, 5) is 14.2. The molecule has 0 N–H and O–H groups in total. The van der Waals surface area contributed by atoms with Gasteiger partial charge in [0.25, 0.3) is 0 Å². The smallest absolute Gasteiger partial charge is 0.415 e. The first-order valence-corrected chi connectivity index (χ1v) is 9.62. The highest BCUT2D eigenvalue weighted by atomic mass is 16.6. The van der Waals surface area contributed by atoms with Crippen LogP contribution in [0.25, 0.3) is 11.3 Å². The summed E-state index contributed by atoms with van der Waals surface area (Å²) >= 11 is 0. The summed E-state index contributed by atoms with van der Waals surface area (Å²) in [5.41, 5.74) is 1.00. The molecular weight excluding hydrogens is 400 g/mol. The number of hydrogen-bond donors (Lipinski definition) is 0. The molecule has 0 fully saturated rings. The van der Waals surface area contributed by atoms with Gasteiger partial charge >= 0.3 is 11.8 Å². The van der Waals surface area contributed by atoms with Crippen LogP contribution in [0.3, 0.4) is 0 Å². The average molecular weight is 418 g/mol. The minimum atomic E-state index is -0.629. The molecule has 1 aliphatic heterocycles. The van der Waals surface area contributed by atoms with Gasteiger partial charge in [-0.15, -0.1) is 5.10 Å². The maximum atomic E-state index is 10.9. The predicted octanol–water partition coefficient (Wildman–Crippen LogP) is 3.69. The molecular formula is C21H18N6O4. The zero-order valence-electron chi connectivity index (χ0n) is 16.6. The highest BCUT2D eigenvalue weighted by Gasteiger charge is 2.41. The summed E-state index contributed by atoms with van der Waals surface area (Å²) in [5, 5.41) is 19.3. The summed E-state index contributed by atoms with van der Waals surface area (Å²) in [7, 11) is 0. The van der Waals surface area contributed by atoms with Crippen LogP contribution in [0.15, 0.2) is 67.0 Å². The average Bonchev–Trinajstić information content (AvgIpc) is 3.43. The van der Waals surface area contributed by atoms with Gasteiger partial charge < -0.3 is 19.6 Å². The van der Waals surface area contributed by atoms with Crippen molar-refractivity contribution in [3.05, 3.63) is 77.1 Å². The van der Waals surface area contributed by atoms with Gasteiger partial charge in [-0.3, -0.25) is 4.57 Å². The van der Waals surface area contributed by atoms with E-state index in [0.29, 0.717) is 13.1 Å². The van der Waals surface area contributed by atoms with Crippen LogP contribution in [0.2, 0.25) is 0 Å². The molecule has 0 amide bonds. The normalized spacial score (nSPS) is 17.2. The molecule has 0 saturated heterocycles. The lowest BCUT2D eigenvalue weighted by atomic mass is 10.1. The van der Waals surface area contributed by atoms with Gasteiger partial charge in [-0.05, 0) is 48.2 Å². The minimum absolute atomic E-state index is 0.222. The third kappa shape index (κ3) is 3.82. The van der Waals surface area contributed by atoms with Gasteiger partial charge in [0.1, 0.15) is 29.0 Å². The maximum absolute atomic E-state index is 10.9. The van der Waals surface area contributed by atoms with Crippen LogP contribution in [0.4, 0.5) is 5.82 Å². The molecule has 5 rings (SSSR count). The maximum Gasteiger partial charge on any atom is 0.415 e. The van der Waals surface area contributed by atoms with E-state index in [1.807, 2.05) is 67.7 Å². The molecule has 0 aliphatic carbocycles. The van der Waals surface area contributed by atoms with Crippen molar-refractivity contribution in [3.8, 4) is 28.8 Å². The summed E-state index contributed by atoms with van der Waals surface area (Å²) in [6.07, 6.45) is 3.22. The molecule has 0 spiro atoms. The molecule has 10 nitrogen and oxygen atoms in total. The van der Waals surface area contributed by atoms with Crippen molar-refractivity contribution in [2.24, 2.45) is 0 Å². The molecule has 1 aliphatic rings. The lowest BCUT2D eigenvalue weighted by Gasteiger charge is -2.21. The van der Waals surface area contributed by atoms with Gasteiger partial charge in [-0.25, -0.2) is 4.68 Å². The number of aromatic nitrogens is 5. The second-order valence-corrected chi connectivity index (χ2v) is 7.56. The zero-order chi connectivity index (χ0) is 21.4. The van der Waals surface area contributed by atoms with E-state index in [9.17, 15) is 10.1 Å². The third-order valence-corrected chi connectivity index (χ3v) is 4.92. The Hall–Kier alpha value is -4.21. The summed E-state index contributed by atoms with van der Waals surface area (Å²) in [5.74, 6) is 1.29. The molecule has 10 heteroatoms. The molecule has 2 aromatic heterocycles. The number of rotatable bonds is 6. The Morgan fingerprint density at radius 3 is 2.58 bits per heavy atom. The summed E-state index contributed by atoms with van der Waals surface area (Å²) in [6, 6.07) is 17.4. The highest BCUT2D eigenvalue weighted by molar-refractivity contribution is 5.58. The molecule has 0 saturated carbocycles. The first-order valence-electron chi connectivity index (χ1n) is 9.62. The van der Waals surface area contributed by atoms with Crippen molar-refractivity contribution in [1.29, 1.82) is 0 Å². The van der Waals surface area contributed by atoms with Crippen molar-refractivity contribution in [3.63, 3.8) is 0 Å². The van der Waals surface area contributed by atoms with Crippen molar-refractivity contribution >= 4 is 5.82 Å². The minimum Gasteiger partial charge on any atom is -0.457 e. The first kappa shape index (κ1) is 18.8. The molecule has 156 valence electrons. The highest BCUT2D eigenvalue weighted by Crippen LogP contribution is 2.32. The predicted molar refractivity (Wildman–Crippen MR) is 110 cm³/mol. The number of para-hydroxylation sites is 1. The third-order valence-electron chi connectivity index (χ3n) is 4.92. The van der Waals surface area contributed by atoms with Crippen molar-refractivity contribution in [2.75, 3.05) is 0 Å². The van der Waals surface area contributed by atoms with Gasteiger partial charge in [0.15, 0.2) is 0 Å². The van der Waals surface area contributed by atoms with E-state index in [1.54, 1.807) is 9.25 Å². The quantitative estimate of drug-likeness (QED) is 0.347. The van der Waals surface area contributed by atoms with Crippen molar-refractivity contribution in [1.82, 2.24) is 24.5 Å². The van der Waals surface area contributed by atoms with Crippen LogP contribution in [-0.4, -0.2) is 35.1 Å². The van der Waals surface area contributed by atoms with Crippen molar-refractivity contribution < 1.29 is 14.4 Å². The lowest BCUT2D eigenvalue weighted by Crippen LogP contribution is -2.36. The molecule has 0 radical (unpaired) electrons. The van der Waals surface area contributed by atoms with E-state index >= 15 is 0 Å². The number of nitro groups is 1. The Bertz CT molecular complexity index is 1210. The second-order valence-electron chi connectivity index (χ2n) is 7.56. The number of imidazole rings is 1. The lowest BCUT2D eigenvalue weighted by molar-refractivity contribution is -0.389. The van der Waals surface area contributed by atoms with Gasteiger partial charge in [0.05, 0.1) is 19.3 Å².